The first-order chi connectivity index (χ1) is 10.0. The normalized spacial score (nSPS) is 10.1. The molecule has 0 aromatic heterocycles. The predicted octanol–water partition coefficient (Wildman–Crippen LogP) is 3.15. The van der Waals surface area contributed by atoms with Crippen molar-refractivity contribution in [3.8, 4) is 5.75 Å². The lowest BCUT2D eigenvalue weighted by molar-refractivity contribution is 0.102. The van der Waals surface area contributed by atoms with Crippen molar-refractivity contribution in [1.82, 2.24) is 0 Å². The summed E-state index contributed by atoms with van der Waals surface area (Å²) in [5.41, 5.74) is 1.71. The molecule has 0 aliphatic rings. The Hall–Kier alpha value is -2.56. The first kappa shape index (κ1) is 14.8. The second-order valence-electron chi connectivity index (χ2n) is 4.74. The van der Waals surface area contributed by atoms with Crippen molar-refractivity contribution in [1.29, 1.82) is 0 Å². The van der Waals surface area contributed by atoms with Gasteiger partial charge in [-0.3, -0.25) is 4.79 Å². The molecular formula is C16H17FN2O2. The highest BCUT2D eigenvalue weighted by atomic mass is 19.1. The van der Waals surface area contributed by atoms with E-state index in [0.717, 1.165) is 5.69 Å². The molecule has 2 rings (SSSR count). The zero-order valence-electron chi connectivity index (χ0n) is 12.2. The molecule has 110 valence electrons. The first-order valence-electron chi connectivity index (χ1n) is 6.43. The SMILES string of the molecule is COc1ccc(F)cc1NC(=O)c1cccc(N(C)C)c1. The number of hydrogen-bond acceptors (Lipinski definition) is 3. The van der Waals surface area contributed by atoms with Gasteiger partial charge in [0, 0.05) is 31.4 Å². The van der Waals surface area contributed by atoms with E-state index in [4.69, 9.17) is 4.74 Å². The third-order valence-electron chi connectivity index (χ3n) is 3.03. The molecule has 0 fully saturated rings. The minimum Gasteiger partial charge on any atom is -0.495 e. The highest BCUT2D eigenvalue weighted by Gasteiger charge is 2.11. The van der Waals surface area contributed by atoms with E-state index in [1.54, 1.807) is 18.2 Å². The number of carbonyl (C=O) groups is 1. The molecule has 1 amide bonds. The molecule has 0 radical (unpaired) electrons. The van der Waals surface area contributed by atoms with Crippen LogP contribution in [0.4, 0.5) is 15.8 Å². The van der Waals surface area contributed by atoms with Crippen LogP contribution in [0.15, 0.2) is 42.5 Å². The monoisotopic (exact) mass is 288 g/mol. The number of amides is 1. The minimum absolute atomic E-state index is 0.303. The zero-order chi connectivity index (χ0) is 15.4. The molecule has 0 aliphatic carbocycles. The first-order valence-corrected chi connectivity index (χ1v) is 6.43. The van der Waals surface area contributed by atoms with Crippen molar-refractivity contribution in [3.63, 3.8) is 0 Å². The van der Waals surface area contributed by atoms with Crippen molar-refractivity contribution < 1.29 is 13.9 Å². The summed E-state index contributed by atoms with van der Waals surface area (Å²) in [6.45, 7) is 0. The maximum atomic E-state index is 13.3. The van der Waals surface area contributed by atoms with Crippen molar-refractivity contribution in [2.75, 3.05) is 31.4 Å². The fraction of sp³-hybridized carbons (Fsp3) is 0.188. The maximum absolute atomic E-state index is 13.3. The van der Waals surface area contributed by atoms with Gasteiger partial charge in [0.05, 0.1) is 12.8 Å². The molecule has 0 bridgehead atoms. The fourth-order valence-corrected chi connectivity index (χ4v) is 1.90. The van der Waals surface area contributed by atoms with Gasteiger partial charge in [0.1, 0.15) is 11.6 Å². The van der Waals surface area contributed by atoms with Gasteiger partial charge in [0.25, 0.3) is 5.91 Å². The second kappa shape index (κ2) is 6.26. The number of anilines is 2. The van der Waals surface area contributed by atoms with E-state index in [1.165, 1.54) is 25.3 Å². The standard InChI is InChI=1S/C16H17FN2O2/c1-19(2)13-6-4-5-11(9-13)16(20)18-14-10-12(17)7-8-15(14)21-3/h4-10H,1-3H3,(H,18,20). The molecule has 2 aromatic rings. The van der Waals surface area contributed by atoms with Gasteiger partial charge in [-0.2, -0.15) is 0 Å². The maximum Gasteiger partial charge on any atom is 0.255 e. The highest BCUT2D eigenvalue weighted by molar-refractivity contribution is 6.05. The van der Waals surface area contributed by atoms with Crippen LogP contribution in [-0.4, -0.2) is 27.1 Å². The third kappa shape index (κ3) is 3.51. The summed E-state index contributed by atoms with van der Waals surface area (Å²) >= 11 is 0. The average Bonchev–Trinajstić information content (AvgIpc) is 2.47. The van der Waals surface area contributed by atoms with Gasteiger partial charge in [-0.15, -0.1) is 0 Å². The molecule has 21 heavy (non-hydrogen) atoms. The summed E-state index contributed by atoms with van der Waals surface area (Å²) in [5, 5.41) is 2.66. The molecule has 0 unspecified atom stereocenters. The van der Waals surface area contributed by atoms with Crippen molar-refractivity contribution in [2.24, 2.45) is 0 Å². The van der Waals surface area contributed by atoms with Crippen LogP contribution in [-0.2, 0) is 0 Å². The molecule has 0 saturated heterocycles. The van der Waals surface area contributed by atoms with Crippen molar-refractivity contribution in [3.05, 3.63) is 53.8 Å². The lowest BCUT2D eigenvalue weighted by Gasteiger charge is -2.14. The zero-order valence-corrected chi connectivity index (χ0v) is 12.2. The Bertz CT molecular complexity index is 656. The van der Waals surface area contributed by atoms with Gasteiger partial charge < -0.3 is 15.0 Å². The third-order valence-corrected chi connectivity index (χ3v) is 3.03. The largest absolute Gasteiger partial charge is 0.495 e. The van der Waals surface area contributed by atoms with Crippen LogP contribution < -0.4 is 15.0 Å². The van der Waals surface area contributed by atoms with E-state index in [0.29, 0.717) is 17.0 Å². The number of benzene rings is 2. The van der Waals surface area contributed by atoms with Crippen LogP contribution in [0.2, 0.25) is 0 Å². The van der Waals surface area contributed by atoms with Crippen LogP contribution >= 0.6 is 0 Å². The van der Waals surface area contributed by atoms with Crippen LogP contribution in [0.25, 0.3) is 0 Å². The minimum atomic E-state index is -0.437. The number of ether oxygens (including phenoxy) is 1. The molecular weight excluding hydrogens is 271 g/mol. The van der Waals surface area contributed by atoms with Gasteiger partial charge in [-0.25, -0.2) is 4.39 Å². The molecule has 1 N–H and O–H groups in total. The molecule has 0 saturated carbocycles. The molecule has 5 heteroatoms. The van der Waals surface area contributed by atoms with Gasteiger partial charge >= 0.3 is 0 Å². The van der Waals surface area contributed by atoms with E-state index >= 15 is 0 Å². The molecule has 0 atom stereocenters. The molecule has 0 heterocycles. The van der Waals surface area contributed by atoms with Gasteiger partial charge in [0.15, 0.2) is 0 Å². The number of halogens is 1. The summed E-state index contributed by atoms with van der Waals surface area (Å²) in [6.07, 6.45) is 0. The summed E-state index contributed by atoms with van der Waals surface area (Å²) < 4.78 is 18.4. The van der Waals surface area contributed by atoms with E-state index in [-0.39, 0.29) is 5.91 Å². The van der Waals surface area contributed by atoms with E-state index in [1.807, 2.05) is 25.1 Å². The van der Waals surface area contributed by atoms with Gasteiger partial charge in [-0.05, 0) is 30.3 Å². The predicted molar refractivity (Wildman–Crippen MR) is 81.7 cm³/mol. The lowest BCUT2D eigenvalue weighted by Crippen LogP contribution is -2.14. The Morgan fingerprint density at radius 3 is 2.62 bits per heavy atom. The number of hydrogen-bond donors (Lipinski definition) is 1. The van der Waals surface area contributed by atoms with Crippen molar-refractivity contribution >= 4 is 17.3 Å². The summed E-state index contributed by atoms with van der Waals surface area (Å²) in [6, 6.07) is 11.1. The Morgan fingerprint density at radius 2 is 1.95 bits per heavy atom. The van der Waals surface area contributed by atoms with Crippen LogP contribution in [0.1, 0.15) is 10.4 Å². The Labute approximate surface area is 123 Å². The Morgan fingerprint density at radius 1 is 1.19 bits per heavy atom. The summed E-state index contributed by atoms with van der Waals surface area (Å²) in [7, 11) is 5.26. The molecule has 2 aromatic carbocycles. The fourth-order valence-electron chi connectivity index (χ4n) is 1.90. The second-order valence-corrected chi connectivity index (χ2v) is 4.74. The number of nitrogens with one attached hydrogen (secondary N) is 1. The van der Waals surface area contributed by atoms with E-state index in [2.05, 4.69) is 5.32 Å². The summed E-state index contributed by atoms with van der Waals surface area (Å²) in [4.78, 5) is 14.2. The Balaban J connectivity index is 2.26. The van der Waals surface area contributed by atoms with Crippen LogP contribution in [0.5, 0.6) is 5.75 Å². The average molecular weight is 288 g/mol. The molecule has 0 aliphatic heterocycles. The number of nitrogens with zero attached hydrogens (tertiary/aromatic N) is 1. The number of carbonyl (C=O) groups excluding carboxylic acids is 1. The van der Waals surface area contributed by atoms with Crippen molar-refractivity contribution in [2.45, 2.75) is 0 Å². The van der Waals surface area contributed by atoms with Crippen LogP contribution in [0.3, 0.4) is 0 Å². The Kier molecular flexibility index (Phi) is 4.42. The summed E-state index contributed by atoms with van der Waals surface area (Å²) in [5.74, 6) is -0.343. The van der Waals surface area contributed by atoms with E-state index < -0.39 is 5.82 Å². The molecule has 4 nitrogen and oxygen atoms in total. The van der Waals surface area contributed by atoms with Gasteiger partial charge in [0.2, 0.25) is 0 Å². The van der Waals surface area contributed by atoms with Gasteiger partial charge in [-0.1, -0.05) is 6.07 Å². The number of methoxy groups -OCH3 is 1. The quantitative estimate of drug-likeness (QED) is 0.939. The lowest BCUT2D eigenvalue weighted by atomic mass is 10.1. The highest BCUT2D eigenvalue weighted by Crippen LogP contribution is 2.25. The van der Waals surface area contributed by atoms with E-state index in [9.17, 15) is 9.18 Å². The molecule has 0 spiro atoms. The smallest absolute Gasteiger partial charge is 0.255 e. The number of rotatable bonds is 4. The van der Waals surface area contributed by atoms with Crippen LogP contribution in [0, 0.1) is 5.82 Å². The topological polar surface area (TPSA) is 41.6 Å².